The molecule has 17 heavy (non-hydrogen) atoms. The number of halogens is 1. The molecule has 1 aromatic rings. The van der Waals surface area contributed by atoms with Crippen molar-refractivity contribution in [2.45, 2.75) is 12.8 Å². The fourth-order valence-electron chi connectivity index (χ4n) is 1.62. The Bertz CT molecular complexity index is 444. The van der Waals surface area contributed by atoms with Gasteiger partial charge in [-0.15, -0.1) is 0 Å². The highest BCUT2D eigenvalue weighted by atomic mass is 19.1. The molecule has 0 amide bonds. The highest BCUT2D eigenvalue weighted by Gasteiger charge is 2.32. The molecule has 1 saturated heterocycles. The molecule has 2 rings (SSSR count). The third kappa shape index (κ3) is 3.03. The van der Waals surface area contributed by atoms with Crippen molar-refractivity contribution in [2.75, 3.05) is 6.61 Å². The van der Waals surface area contributed by atoms with E-state index in [0.29, 0.717) is 12.2 Å². The highest BCUT2D eigenvalue weighted by Crippen LogP contribution is 2.20. The van der Waals surface area contributed by atoms with E-state index in [1.807, 2.05) is 0 Å². The molecule has 0 saturated carbocycles. The van der Waals surface area contributed by atoms with Crippen molar-refractivity contribution in [2.24, 2.45) is 5.92 Å². The summed E-state index contributed by atoms with van der Waals surface area (Å²) in [5, 5.41) is 0. The van der Waals surface area contributed by atoms with Crippen molar-refractivity contribution in [3.63, 3.8) is 0 Å². The van der Waals surface area contributed by atoms with E-state index >= 15 is 0 Å². The number of ether oxygens (including phenoxy) is 2. The Morgan fingerprint density at radius 1 is 1.41 bits per heavy atom. The quantitative estimate of drug-likeness (QED) is 0.591. The maximum atomic E-state index is 12.8. The van der Waals surface area contributed by atoms with Crippen molar-refractivity contribution in [3.8, 4) is 5.75 Å². The average Bonchev–Trinajstić information content (AvgIpc) is 2.58. The Kier molecular flexibility index (Phi) is 3.37. The molecule has 1 aromatic carbocycles. The van der Waals surface area contributed by atoms with Crippen LogP contribution >= 0.6 is 0 Å². The molecule has 90 valence electrons. The van der Waals surface area contributed by atoms with Gasteiger partial charge in [-0.25, -0.2) is 4.39 Å². The lowest BCUT2D eigenvalue weighted by Gasteiger charge is -2.07. The van der Waals surface area contributed by atoms with Gasteiger partial charge in [0.1, 0.15) is 11.6 Å². The molecule has 1 aliphatic rings. The summed E-state index contributed by atoms with van der Waals surface area (Å²) in [6, 6.07) is 5.75. The average molecular weight is 238 g/mol. The lowest BCUT2D eigenvalue weighted by atomic mass is 10.1. The Hall–Kier alpha value is -1.91. The van der Waals surface area contributed by atoms with E-state index in [1.165, 1.54) is 18.2 Å². The van der Waals surface area contributed by atoms with Gasteiger partial charge in [0.15, 0.2) is 0 Å². The van der Waals surface area contributed by atoms with E-state index in [4.69, 9.17) is 4.74 Å². The number of carbonyl (C=O) groups is 2. The fourth-order valence-corrected chi connectivity index (χ4v) is 1.62. The molecule has 0 N–H and O–H groups in total. The maximum absolute atomic E-state index is 12.8. The van der Waals surface area contributed by atoms with Crippen LogP contribution < -0.4 is 4.74 Å². The molecule has 1 aliphatic heterocycles. The lowest BCUT2D eigenvalue weighted by molar-refractivity contribution is -0.153. The topological polar surface area (TPSA) is 52.6 Å². The first kappa shape index (κ1) is 11.6. The first-order valence-corrected chi connectivity index (χ1v) is 5.28. The number of carbonyl (C=O) groups excluding carboxylic acids is 2. The summed E-state index contributed by atoms with van der Waals surface area (Å²) in [7, 11) is 0. The van der Waals surface area contributed by atoms with Crippen LogP contribution in [0.3, 0.4) is 0 Å². The lowest BCUT2D eigenvalue weighted by Crippen LogP contribution is -2.11. The van der Waals surface area contributed by atoms with Gasteiger partial charge in [0.25, 0.3) is 0 Å². The Labute approximate surface area is 97.3 Å². The Balaban J connectivity index is 1.80. The van der Waals surface area contributed by atoms with E-state index < -0.39 is 17.9 Å². The van der Waals surface area contributed by atoms with Gasteiger partial charge >= 0.3 is 11.9 Å². The number of benzene rings is 1. The zero-order chi connectivity index (χ0) is 12.3. The predicted molar refractivity (Wildman–Crippen MR) is 55.7 cm³/mol. The van der Waals surface area contributed by atoms with Crippen LogP contribution in [0.2, 0.25) is 0 Å². The minimum atomic E-state index is -0.502. The van der Waals surface area contributed by atoms with Crippen LogP contribution in [0.15, 0.2) is 24.3 Å². The Morgan fingerprint density at radius 3 is 2.88 bits per heavy atom. The van der Waals surface area contributed by atoms with Crippen LogP contribution in [-0.2, 0) is 14.3 Å². The minimum absolute atomic E-state index is 0.103. The molecule has 0 bridgehead atoms. The smallest absolute Gasteiger partial charge is 0.317 e. The summed E-state index contributed by atoms with van der Waals surface area (Å²) in [5.41, 5.74) is 0. The third-order valence-corrected chi connectivity index (χ3v) is 2.49. The first-order chi connectivity index (χ1) is 8.15. The summed E-state index contributed by atoms with van der Waals surface area (Å²) in [4.78, 5) is 21.9. The predicted octanol–water partition coefficient (Wildman–Crippen LogP) is 1.68. The molecular weight excluding hydrogens is 227 g/mol. The van der Waals surface area contributed by atoms with E-state index in [9.17, 15) is 14.0 Å². The molecule has 0 aromatic heterocycles. The maximum Gasteiger partial charge on any atom is 0.317 e. The summed E-state index contributed by atoms with van der Waals surface area (Å²) in [5.74, 6) is -1.40. The number of rotatable bonds is 4. The van der Waals surface area contributed by atoms with E-state index in [0.717, 1.165) is 0 Å². The second-order valence-corrected chi connectivity index (χ2v) is 3.79. The number of esters is 2. The second kappa shape index (κ2) is 4.95. The monoisotopic (exact) mass is 238 g/mol. The van der Waals surface area contributed by atoms with E-state index in [-0.39, 0.29) is 18.8 Å². The highest BCUT2D eigenvalue weighted by molar-refractivity contribution is 5.94. The van der Waals surface area contributed by atoms with Crippen LogP contribution in [-0.4, -0.2) is 18.5 Å². The van der Waals surface area contributed by atoms with Crippen molar-refractivity contribution in [1.82, 2.24) is 0 Å². The summed E-state index contributed by atoms with van der Waals surface area (Å²) in [6.07, 6.45) is 0.492. The SMILES string of the molecule is O=C1CC(CCOc2cccc(F)c2)C(=O)O1. The normalized spacial score (nSPS) is 19.2. The van der Waals surface area contributed by atoms with Gasteiger partial charge in [0, 0.05) is 6.07 Å². The first-order valence-electron chi connectivity index (χ1n) is 5.28. The third-order valence-electron chi connectivity index (χ3n) is 2.49. The summed E-state index contributed by atoms with van der Waals surface area (Å²) >= 11 is 0. The molecule has 4 nitrogen and oxygen atoms in total. The van der Waals surface area contributed by atoms with Gasteiger partial charge in [-0.1, -0.05) is 6.07 Å². The van der Waals surface area contributed by atoms with Crippen molar-refractivity contribution >= 4 is 11.9 Å². The fraction of sp³-hybridized carbons (Fsp3) is 0.333. The van der Waals surface area contributed by atoms with Gasteiger partial charge in [-0.05, 0) is 18.6 Å². The molecule has 5 heteroatoms. The number of hydrogen-bond acceptors (Lipinski definition) is 4. The van der Waals surface area contributed by atoms with Crippen molar-refractivity contribution in [1.29, 1.82) is 0 Å². The van der Waals surface area contributed by atoms with E-state index in [2.05, 4.69) is 4.74 Å². The summed E-state index contributed by atoms with van der Waals surface area (Å²) in [6.45, 7) is 0.247. The van der Waals surface area contributed by atoms with Gasteiger partial charge in [-0.2, -0.15) is 0 Å². The zero-order valence-corrected chi connectivity index (χ0v) is 9.02. The molecule has 0 spiro atoms. The van der Waals surface area contributed by atoms with E-state index in [1.54, 1.807) is 6.07 Å². The van der Waals surface area contributed by atoms with Gasteiger partial charge in [0.05, 0.1) is 18.9 Å². The van der Waals surface area contributed by atoms with Crippen LogP contribution in [0.4, 0.5) is 4.39 Å². The molecule has 1 heterocycles. The number of cyclic esters (lactones) is 2. The number of hydrogen-bond donors (Lipinski definition) is 0. The van der Waals surface area contributed by atoms with Crippen LogP contribution in [0.25, 0.3) is 0 Å². The summed E-state index contributed by atoms with van der Waals surface area (Å²) < 4.78 is 22.5. The van der Waals surface area contributed by atoms with Crippen molar-refractivity contribution < 1.29 is 23.5 Å². The molecule has 1 atom stereocenters. The van der Waals surface area contributed by atoms with Gasteiger partial charge in [-0.3, -0.25) is 9.59 Å². The zero-order valence-electron chi connectivity index (χ0n) is 9.02. The molecule has 0 aliphatic carbocycles. The van der Waals surface area contributed by atoms with Crippen LogP contribution in [0.1, 0.15) is 12.8 Å². The van der Waals surface area contributed by atoms with Gasteiger partial charge in [0.2, 0.25) is 0 Å². The standard InChI is InChI=1S/C12H11FO4/c13-9-2-1-3-10(7-9)16-5-4-8-6-11(14)17-12(8)15/h1-3,7-8H,4-6H2. The van der Waals surface area contributed by atoms with Crippen LogP contribution in [0, 0.1) is 11.7 Å². The molecule has 1 unspecified atom stereocenters. The molecule has 1 fully saturated rings. The molecular formula is C12H11FO4. The van der Waals surface area contributed by atoms with Crippen molar-refractivity contribution in [3.05, 3.63) is 30.1 Å². The Morgan fingerprint density at radius 2 is 2.24 bits per heavy atom. The van der Waals surface area contributed by atoms with Gasteiger partial charge < -0.3 is 9.47 Å². The second-order valence-electron chi connectivity index (χ2n) is 3.79. The minimum Gasteiger partial charge on any atom is -0.493 e. The largest absolute Gasteiger partial charge is 0.493 e. The molecule has 0 radical (unpaired) electrons. The van der Waals surface area contributed by atoms with Crippen LogP contribution in [0.5, 0.6) is 5.75 Å².